The second-order valence-corrected chi connectivity index (χ2v) is 10.9. The minimum atomic E-state index is -3.95. The van der Waals surface area contributed by atoms with E-state index in [1.54, 1.807) is 6.92 Å². The summed E-state index contributed by atoms with van der Waals surface area (Å²) in [6.45, 7) is 4.91. The maximum atomic E-state index is 13.6. The third-order valence-corrected chi connectivity index (χ3v) is 7.47. The molecule has 0 aliphatic heterocycles. The maximum Gasteiger partial charge on any atom is 0.244 e. The Morgan fingerprint density at radius 1 is 1.06 bits per heavy atom. The average Bonchev–Trinajstić information content (AvgIpc) is 2.79. The van der Waals surface area contributed by atoms with Crippen LogP contribution in [-0.2, 0) is 26.2 Å². The molecule has 0 unspecified atom stereocenters. The highest BCUT2D eigenvalue weighted by atomic mass is 35.5. The number of hydrogen-bond donors (Lipinski definition) is 1. The molecule has 0 saturated carbocycles. The van der Waals surface area contributed by atoms with Crippen molar-refractivity contribution in [3.05, 3.63) is 63.9 Å². The van der Waals surface area contributed by atoms with E-state index in [0.717, 1.165) is 10.6 Å². The Morgan fingerprint density at radius 2 is 1.69 bits per heavy atom. The van der Waals surface area contributed by atoms with Crippen LogP contribution in [0.1, 0.15) is 39.2 Å². The SMILES string of the molecule is CC[C@H](C)NC(=O)[C@H](CC)N(Cc1ccc(F)cc1)C(=O)CN(c1cccc(Cl)c1Cl)S(C)(=O)=O. The molecule has 0 aliphatic carbocycles. The highest BCUT2D eigenvalue weighted by Crippen LogP contribution is 2.33. The summed E-state index contributed by atoms with van der Waals surface area (Å²) in [4.78, 5) is 27.9. The van der Waals surface area contributed by atoms with E-state index in [-0.39, 0.29) is 40.6 Å². The lowest BCUT2D eigenvalue weighted by Crippen LogP contribution is -2.53. The fraction of sp³-hybridized carbons (Fsp3) is 0.417. The fourth-order valence-electron chi connectivity index (χ4n) is 3.43. The van der Waals surface area contributed by atoms with Crippen LogP contribution >= 0.6 is 23.2 Å². The molecule has 2 aromatic carbocycles. The summed E-state index contributed by atoms with van der Waals surface area (Å²) >= 11 is 12.3. The first kappa shape index (κ1) is 28.9. The Kier molecular flexibility index (Phi) is 10.4. The number of hydrogen-bond acceptors (Lipinski definition) is 4. The Labute approximate surface area is 216 Å². The Bertz CT molecular complexity index is 1150. The normalized spacial score (nSPS) is 13.1. The lowest BCUT2D eigenvalue weighted by molar-refractivity contribution is -0.140. The average molecular weight is 546 g/mol. The summed E-state index contributed by atoms with van der Waals surface area (Å²) < 4.78 is 39.6. The van der Waals surface area contributed by atoms with Crippen molar-refractivity contribution in [2.24, 2.45) is 0 Å². The number of sulfonamides is 1. The van der Waals surface area contributed by atoms with Crippen LogP contribution in [0.3, 0.4) is 0 Å². The smallest absolute Gasteiger partial charge is 0.244 e. The van der Waals surface area contributed by atoms with E-state index in [1.807, 2.05) is 13.8 Å². The van der Waals surface area contributed by atoms with Crippen LogP contribution in [0.15, 0.2) is 42.5 Å². The zero-order valence-electron chi connectivity index (χ0n) is 20.1. The first-order valence-electron chi connectivity index (χ1n) is 11.1. The number of anilines is 1. The van der Waals surface area contributed by atoms with E-state index < -0.39 is 34.3 Å². The standard InChI is InChI=1S/C24H30Cl2FN3O4S/c1-5-16(3)28-24(32)20(6-2)29(14-17-10-12-18(27)13-11-17)22(31)15-30(35(4,33)34)21-9-7-8-19(25)23(21)26/h7-13,16,20H,5-6,14-15H2,1-4H3,(H,28,32)/t16-,20-/m0/s1. The van der Waals surface area contributed by atoms with Gasteiger partial charge in [0.25, 0.3) is 0 Å². The van der Waals surface area contributed by atoms with Crippen LogP contribution in [0.25, 0.3) is 0 Å². The molecule has 0 aliphatic rings. The summed E-state index contributed by atoms with van der Waals surface area (Å²) in [7, 11) is -3.95. The molecule has 7 nitrogen and oxygen atoms in total. The molecule has 0 saturated heterocycles. The molecular weight excluding hydrogens is 516 g/mol. The highest BCUT2D eigenvalue weighted by molar-refractivity contribution is 7.92. The first-order valence-corrected chi connectivity index (χ1v) is 13.7. The van der Waals surface area contributed by atoms with Crippen molar-refractivity contribution in [1.82, 2.24) is 10.2 Å². The molecule has 192 valence electrons. The van der Waals surface area contributed by atoms with Gasteiger partial charge in [-0.25, -0.2) is 12.8 Å². The third kappa shape index (κ3) is 7.81. The van der Waals surface area contributed by atoms with E-state index in [2.05, 4.69) is 5.32 Å². The zero-order valence-corrected chi connectivity index (χ0v) is 22.4. The number of rotatable bonds is 11. The van der Waals surface area contributed by atoms with Crippen molar-refractivity contribution < 1.29 is 22.4 Å². The van der Waals surface area contributed by atoms with E-state index in [4.69, 9.17) is 23.2 Å². The molecule has 2 atom stereocenters. The number of benzene rings is 2. The summed E-state index contributed by atoms with van der Waals surface area (Å²) in [6.07, 6.45) is 1.93. The van der Waals surface area contributed by atoms with Crippen LogP contribution in [0, 0.1) is 5.82 Å². The lowest BCUT2D eigenvalue weighted by Gasteiger charge is -2.33. The number of carbonyl (C=O) groups is 2. The van der Waals surface area contributed by atoms with Gasteiger partial charge in [0.2, 0.25) is 21.8 Å². The van der Waals surface area contributed by atoms with Crippen molar-refractivity contribution in [1.29, 1.82) is 0 Å². The van der Waals surface area contributed by atoms with Gasteiger partial charge in [-0.3, -0.25) is 13.9 Å². The zero-order chi connectivity index (χ0) is 26.3. The van der Waals surface area contributed by atoms with Crippen molar-refractivity contribution in [3.8, 4) is 0 Å². The number of halogens is 3. The molecule has 35 heavy (non-hydrogen) atoms. The number of carbonyl (C=O) groups excluding carboxylic acids is 2. The molecule has 2 rings (SSSR count). The molecular formula is C24H30Cl2FN3O4S. The summed E-state index contributed by atoms with van der Waals surface area (Å²) in [5.74, 6) is -1.42. The summed E-state index contributed by atoms with van der Waals surface area (Å²) in [5, 5.41) is 3.00. The van der Waals surface area contributed by atoms with Crippen LogP contribution in [-0.4, -0.2) is 50.0 Å². The van der Waals surface area contributed by atoms with Crippen molar-refractivity contribution in [2.75, 3.05) is 17.1 Å². The van der Waals surface area contributed by atoms with Gasteiger partial charge in [0.1, 0.15) is 18.4 Å². The van der Waals surface area contributed by atoms with Crippen LogP contribution in [0.4, 0.5) is 10.1 Å². The van der Waals surface area contributed by atoms with Gasteiger partial charge in [-0.2, -0.15) is 0 Å². The molecule has 0 fully saturated rings. The van der Waals surface area contributed by atoms with Gasteiger partial charge in [0.15, 0.2) is 0 Å². The highest BCUT2D eigenvalue weighted by Gasteiger charge is 2.32. The minimum absolute atomic E-state index is 0.0148. The van der Waals surface area contributed by atoms with Crippen molar-refractivity contribution in [3.63, 3.8) is 0 Å². The molecule has 0 bridgehead atoms. The predicted octanol–water partition coefficient (Wildman–Crippen LogP) is 4.62. The lowest BCUT2D eigenvalue weighted by atomic mass is 10.1. The molecule has 2 amide bonds. The Morgan fingerprint density at radius 3 is 2.23 bits per heavy atom. The molecule has 1 N–H and O–H groups in total. The van der Waals surface area contributed by atoms with Crippen molar-refractivity contribution >= 4 is 50.7 Å². The quantitative estimate of drug-likeness (QED) is 0.446. The molecule has 0 spiro atoms. The van der Waals surface area contributed by atoms with Gasteiger partial charge < -0.3 is 10.2 Å². The van der Waals surface area contributed by atoms with Gasteiger partial charge in [-0.05, 0) is 49.6 Å². The Hall–Kier alpha value is -2.36. The van der Waals surface area contributed by atoms with Crippen molar-refractivity contribution in [2.45, 2.75) is 52.2 Å². The monoisotopic (exact) mass is 545 g/mol. The first-order chi connectivity index (χ1) is 16.4. The number of nitrogens with zero attached hydrogens (tertiary/aromatic N) is 2. The third-order valence-electron chi connectivity index (χ3n) is 5.53. The van der Waals surface area contributed by atoms with E-state index in [9.17, 15) is 22.4 Å². The summed E-state index contributed by atoms with van der Waals surface area (Å²) in [5.41, 5.74) is 0.634. The molecule has 2 aromatic rings. The van der Waals surface area contributed by atoms with Gasteiger partial charge in [-0.15, -0.1) is 0 Å². The fourth-order valence-corrected chi connectivity index (χ4v) is 4.73. The summed E-state index contributed by atoms with van der Waals surface area (Å²) in [6, 6.07) is 9.02. The maximum absolute atomic E-state index is 13.6. The minimum Gasteiger partial charge on any atom is -0.352 e. The Balaban J connectivity index is 2.47. The van der Waals surface area contributed by atoms with E-state index in [1.165, 1.54) is 47.4 Å². The van der Waals surface area contributed by atoms with Crippen LogP contribution in [0.5, 0.6) is 0 Å². The number of nitrogens with one attached hydrogen (secondary N) is 1. The van der Waals surface area contributed by atoms with E-state index >= 15 is 0 Å². The van der Waals surface area contributed by atoms with Gasteiger partial charge in [0.05, 0.1) is 22.0 Å². The molecule has 0 aromatic heterocycles. The number of amides is 2. The predicted molar refractivity (Wildman–Crippen MR) is 138 cm³/mol. The largest absolute Gasteiger partial charge is 0.352 e. The van der Waals surface area contributed by atoms with E-state index in [0.29, 0.717) is 12.0 Å². The molecule has 0 heterocycles. The second kappa shape index (κ2) is 12.6. The second-order valence-electron chi connectivity index (χ2n) is 8.23. The molecule has 0 radical (unpaired) electrons. The van der Waals surface area contributed by atoms with Crippen LogP contribution in [0.2, 0.25) is 10.0 Å². The van der Waals surface area contributed by atoms with Crippen LogP contribution < -0.4 is 9.62 Å². The molecule has 11 heteroatoms. The topological polar surface area (TPSA) is 86.8 Å². The van der Waals surface area contributed by atoms with Gasteiger partial charge >= 0.3 is 0 Å². The van der Waals surface area contributed by atoms with Gasteiger partial charge in [-0.1, -0.05) is 55.2 Å². The van der Waals surface area contributed by atoms with Gasteiger partial charge in [0, 0.05) is 12.6 Å².